The molecule has 7 heteroatoms. The van der Waals surface area contributed by atoms with Crippen LogP contribution in [0.3, 0.4) is 0 Å². The number of benzene rings is 1. The lowest BCUT2D eigenvalue weighted by atomic mass is 10.2. The summed E-state index contributed by atoms with van der Waals surface area (Å²) >= 11 is 0. The minimum absolute atomic E-state index is 0.237. The van der Waals surface area contributed by atoms with E-state index < -0.39 is 0 Å². The van der Waals surface area contributed by atoms with Crippen molar-refractivity contribution in [2.24, 2.45) is 0 Å². The largest absolute Gasteiger partial charge is 0.350 e. The minimum Gasteiger partial charge on any atom is -0.350 e. The Morgan fingerprint density at radius 3 is 2.65 bits per heavy atom. The molecule has 0 unspecified atom stereocenters. The molecule has 1 amide bonds. The smallest absolute Gasteiger partial charge is 0.270 e. The van der Waals surface area contributed by atoms with Crippen molar-refractivity contribution < 1.29 is 9.18 Å². The van der Waals surface area contributed by atoms with Crippen LogP contribution in [0.2, 0.25) is 0 Å². The molecule has 0 saturated heterocycles. The highest BCUT2D eigenvalue weighted by Crippen LogP contribution is 2.06. The number of anilines is 1. The molecule has 1 heterocycles. The van der Waals surface area contributed by atoms with E-state index in [1.54, 1.807) is 18.2 Å². The van der Waals surface area contributed by atoms with Gasteiger partial charge in [-0.15, -0.1) is 0 Å². The molecule has 1 aromatic heterocycles. The molecule has 0 radical (unpaired) electrons. The maximum absolute atomic E-state index is 12.9. The van der Waals surface area contributed by atoms with Crippen LogP contribution in [-0.2, 0) is 6.54 Å². The first kappa shape index (κ1) is 16.8. The highest BCUT2D eigenvalue weighted by Gasteiger charge is 2.08. The number of nitrogens with zero attached hydrogens (tertiary/aromatic N) is 3. The third-order valence-electron chi connectivity index (χ3n) is 3.10. The zero-order valence-corrected chi connectivity index (χ0v) is 13.2. The van der Waals surface area contributed by atoms with Gasteiger partial charge in [-0.3, -0.25) is 4.79 Å². The first-order valence-electron chi connectivity index (χ1n) is 7.29. The fourth-order valence-corrected chi connectivity index (χ4v) is 1.84. The summed E-state index contributed by atoms with van der Waals surface area (Å²) in [5, 5.41) is 5.81. The summed E-state index contributed by atoms with van der Waals surface area (Å²) in [7, 11) is 3.88. The van der Waals surface area contributed by atoms with Crippen molar-refractivity contribution in [3.05, 3.63) is 53.6 Å². The van der Waals surface area contributed by atoms with Gasteiger partial charge in [-0.2, -0.15) is 0 Å². The highest BCUT2D eigenvalue weighted by molar-refractivity contribution is 5.92. The molecule has 2 rings (SSSR count). The second kappa shape index (κ2) is 8.19. The summed E-state index contributed by atoms with van der Waals surface area (Å²) in [5.41, 5.74) is 1.20. The number of nitrogens with one attached hydrogen (secondary N) is 2. The molecule has 2 aromatic rings. The predicted octanol–water partition coefficient (Wildman–Crippen LogP) is 1.52. The molecule has 6 nitrogen and oxygen atoms in total. The Morgan fingerprint density at radius 2 is 1.96 bits per heavy atom. The van der Waals surface area contributed by atoms with Gasteiger partial charge in [0.2, 0.25) is 5.95 Å². The fourth-order valence-electron chi connectivity index (χ4n) is 1.84. The van der Waals surface area contributed by atoms with Gasteiger partial charge in [0.25, 0.3) is 5.91 Å². The maximum Gasteiger partial charge on any atom is 0.270 e. The van der Waals surface area contributed by atoms with Crippen molar-refractivity contribution >= 4 is 11.9 Å². The third kappa shape index (κ3) is 5.63. The SMILES string of the molecule is CN(C)CCNC(=O)c1ccnc(NCc2ccc(F)cc2)n1. The zero-order chi connectivity index (χ0) is 16.7. The zero-order valence-electron chi connectivity index (χ0n) is 13.2. The lowest BCUT2D eigenvalue weighted by molar-refractivity contribution is 0.0946. The first-order valence-corrected chi connectivity index (χ1v) is 7.29. The maximum atomic E-state index is 12.9. The Hall–Kier alpha value is -2.54. The van der Waals surface area contributed by atoms with Crippen molar-refractivity contribution in [2.45, 2.75) is 6.54 Å². The number of amides is 1. The quantitative estimate of drug-likeness (QED) is 0.810. The number of aromatic nitrogens is 2. The molecular weight excluding hydrogens is 297 g/mol. The summed E-state index contributed by atoms with van der Waals surface area (Å²) < 4.78 is 12.9. The molecule has 1 aromatic carbocycles. The van der Waals surface area contributed by atoms with E-state index in [4.69, 9.17) is 0 Å². The fraction of sp³-hybridized carbons (Fsp3) is 0.312. The van der Waals surface area contributed by atoms with E-state index in [-0.39, 0.29) is 11.7 Å². The molecule has 122 valence electrons. The Morgan fingerprint density at radius 1 is 1.22 bits per heavy atom. The van der Waals surface area contributed by atoms with Gasteiger partial charge in [0.05, 0.1) is 0 Å². The average molecular weight is 317 g/mol. The van der Waals surface area contributed by atoms with E-state index in [9.17, 15) is 9.18 Å². The minimum atomic E-state index is -0.276. The second-order valence-electron chi connectivity index (χ2n) is 5.30. The molecule has 0 saturated carbocycles. The van der Waals surface area contributed by atoms with E-state index in [2.05, 4.69) is 20.6 Å². The van der Waals surface area contributed by atoms with Gasteiger partial charge in [0, 0.05) is 25.8 Å². The average Bonchev–Trinajstić information content (AvgIpc) is 2.54. The topological polar surface area (TPSA) is 70.2 Å². The van der Waals surface area contributed by atoms with Crippen molar-refractivity contribution in [2.75, 3.05) is 32.5 Å². The van der Waals surface area contributed by atoms with Crippen molar-refractivity contribution in [1.29, 1.82) is 0 Å². The van der Waals surface area contributed by atoms with Gasteiger partial charge in [-0.1, -0.05) is 12.1 Å². The van der Waals surface area contributed by atoms with Gasteiger partial charge in [-0.25, -0.2) is 14.4 Å². The molecule has 0 fully saturated rings. The molecule has 0 aliphatic heterocycles. The molecule has 0 aliphatic rings. The van der Waals surface area contributed by atoms with Gasteiger partial charge in [-0.05, 0) is 37.9 Å². The predicted molar refractivity (Wildman–Crippen MR) is 86.6 cm³/mol. The standard InChI is InChI=1S/C16H20FN5O/c1-22(2)10-9-18-15(23)14-7-8-19-16(21-14)20-11-12-3-5-13(17)6-4-12/h3-8H,9-11H2,1-2H3,(H,18,23)(H,19,20,21). The molecule has 0 atom stereocenters. The number of likely N-dealkylation sites (N-methyl/N-ethyl adjacent to an activating group) is 1. The van der Waals surface area contributed by atoms with E-state index in [1.807, 2.05) is 19.0 Å². The number of hydrogen-bond acceptors (Lipinski definition) is 5. The van der Waals surface area contributed by atoms with Crippen LogP contribution in [0, 0.1) is 5.82 Å². The summed E-state index contributed by atoms with van der Waals surface area (Å²) in [6.07, 6.45) is 1.53. The molecule has 0 bridgehead atoms. The molecular formula is C16H20FN5O. The second-order valence-corrected chi connectivity index (χ2v) is 5.30. The Kier molecular flexibility index (Phi) is 5.99. The lowest BCUT2D eigenvalue weighted by Gasteiger charge is -2.10. The van der Waals surface area contributed by atoms with Gasteiger partial charge in [0.15, 0.2) is 0 Å². The van der Waals surface area contributed by atoms with Crippen LogP contribution >= 0.6 is 0 Å². The highest BCUT2D eigenvalue weighted by atomic mass is 19.1. The van der Waals surface area contributed by atoms with E-state index >= 15 is 0 Å². The van der Waals surface area contributed by atoms with Crippen molar-refractivity contribution in [3.63, 3.8) is 0 Å². The van der Waals surface area contributed by atoms with Gasteiger partial charge < -0.3 is 15.5 Å². The van der Waals surface area contributed by atoms with Gasteiger partial charge in [0.1, 0.15) is 11.5 Å². The normalized spacial score (nSPS) is 10.6. The molecule has 0 aliphatic carbocycles. The Balaban J connectivity index is 1.91. The number of carbonyl (C=O) groups is 1. The van der Waals surface area contributed by atoms with Crippen LogP contribution in [0.1, 0.15) is 16.1 Å². The number of halogens is 1. The van der Waals surface area contributed by atoms with Crippen LogP contribution in [0.25, 0.3) is 0 Å². The summed E-state index contributed by atoms with van der Waals surface area (Å²) in [4.78, 5) is 22.2. The van der Waals surface area contributed by atoms with Crippen LogP contribution in [0.5, 0.6) is 0 Å². The lowest BCUT2D eigenvalue weighted by Crippen LogP contribution is -2.31. The first-order chi connectivity index (χ1) is 11.0. The van der Waals surface area contributed by atoms with Gasteiger partial charge >= 0.3 is 0 Å². The monoisotopic (exact) mass is 317 g/mol. The van der Waals surface area contributed by atoms with Crippen molar-refractivity contribution in [1.82, 2.24) is 20.2 Å². The molecule has 0 spiro atoms. The van der Waals surface area contributed by atoms with Crippen LogP contribution in [-0.4, -0.2) is 48.0 Å². The summed E-state index contributed by atoms with van der Waals surface area (Å²) in [6.45, 7) is 1.76. The van der Waals surface area contributed by atoms with E-state index in [0.717, 1.165) is 12.1 Å². The Bertz CT molecular complexity index is 645. The van der Waals surface area contributed by atoms with Crippen LogP contribution in [0.15, 0.2) is 36.5 Å². The number of rotatable bonds is 7. The van der Waals surface area contributed by atoms with E-state index in [0.29, 0.717) is 24.7 Å². The van der Waals surface area contributed by atoms with E-state index in [1.165, 1.54) is 18.3 Å². The third-order valence-corrected chi connectivity index (χ3v) is 3.10. The summed E-state index contributed by atoms with van der Waals surface area (Å²) in [5.74, 6) is -0.157. The molecule has 2 N–H and O–H groups in total. The Labute approximate surface area is 134 Å². The van der Waals surface area contributed by atoms with Crippen LogP contribution < -0.4 is 10.6 Å². The number of hydrogen-bond donors (Lipinski definition) is 2. The van der Waals surface area contributed by atoms with Crippen LogP contribution in [0.4, 0.5) is 10.3 Å². The summed E-state index contributed by atoms with van der Waals surface area (Å²) in [6, 6.07) is 7.72. The number of carbonyl (C=O) groups excluding carboxylic acids is 1. The van der Waals surface area contributed by atoms with Crippen molar-refractivity contribution in [3.8, 4) is 0 Å². The molecule has 23 heavy (non-hydrogen) atoms.